The lowest BCUT2D eigenvalue weighted by Crippen LogP contribution is -2.33. The average molecular weight is 493 g/mol. The number of benzene rings is 2. The number of ether oxygens (including phenoxy) is 2. The molecule has 0 saturated carbocycles. The Bertz CT molecular complexity index is 1180. The van der Waals surface area contributed by atoms with E-state index in [2.05, 4.69) is 0 Å². The first-order valence-corrected chi connectivity index (χ1v) is 10.9. The van der Waals surface area contributed by atoms with Gasteiger partial charge < -0.3 is 24.9 Å². The van der Waals surface area contributed by atoms with Crippen LogP contribution in [0.3, 0.4) is 0 Å². The molecule has 3 rings (SSSR count). The molecule has 2 aromatic carbocycles. The molecule has 184 valence electrons. The van der Waals surface area contributed by atoms with Crippen molar-refractivity contribution in [3.63, 3.8) is 0 Å². The molecule has 0 aliphatic rings. The molecule has 3 aromatic rings. The number of aliphatic hydroxyl groups is 1. The number of fused-ring (bicyclic) bond motifs is 1. The van der Waals surface area contributed by atoms with Crippen LogP contribution in [0.1, 0.15) is 26.2 Å². The molecule has 1 atom stereocenters. The number of carbonyl (C=O) groups is 1. The Morgan fingerprint density at radius 3 is 2.53 bits per heavy atom. The Labute approximate surface area is 203 Å². The van der Waals surface area contributed by atoms with Crippen LogP contribution in [0.25, 0.3) is 22.0 Å². The van der Waals surface area contributed by atoms with Crippen molar-refractivity contribution >= 4 is 29.1 Å². The van der Waals surface area contributed by atoms with E-state index in [9.17, 15) is 14.0 Å². The van der Waals surface area contributed by atoms with E-state index < -0.39 is 23.9 Å². The number of rotatable bonds is 11. The fraction of sp³-hybridized carbons (Fsp3) is 0.360. The number of aromatic nitrogens is 1. The van der Waals surface area contributed by atoms with Gasteiger partial charge in [-0.1, -0.05) is 19.1 Å². The predicted molar refractivity (Wildman–Crippen MR) is 132 cm³/mol. The highest BCUT2D eigenvalue weighted by molar-refractivity contribution is 5.89. The number of nitrogens with zero attached hydrogens (tertiary/aromatic N) is 1. The number of aryl methyl sites for hydroxylation is 1. The molecular weight excluding hydrogens is 463 g/mol. The van der Waals surface area contributed by atoms with Gasteiger partial charge in [0.1, 0.15) is 17.3 Å². The number of hydrogen-bond donors (Lipinski definition) is 2. The van der Waals surface area contributed by atoms with E-state index in [1.54, 1.807) is 42.1 Å². The summed E-state index contributed by atoms with van der Waals surface area (Å²) in [5.41, 5.74) is 6.46. The van der Waals surface area contributed by atoms with Crippen LogP contribution >= 0.6 is 12.4 Å². The summed E-state index contributed by atoms with van der Waals surface area (Å²) >= 11 is 0. The topological polar surface area (TPSA) is 104 Å². The Hall–Kier alpha value is -2.94. The van der Waals surface area contributed by atoms with Crippen LogP contribution < -0.4 is 20.6 Å². The van der Waals surface area contributed by atoms with E-state index in [1.165, 1.54) is 12.1 Å². The predicted octanol–water partition coefficient (Wildman–Crippen LogP) is 3.70. The molecule has 0 aliphatic carbocycles. The molecule has 1 heterocycles. The molecule has 0 amide bonds. The van der Waals surface area contributed by atoms with Crippen molar-refractivity contribution in [1.29, 1.82) is 0 Å². The third-order valence-corrected chi connectivity index (χ3v) is 5.43. The van der Waals surface area contributed by atoms with E-state index >= 15 is 0 Å². The minimum Gasteiger partial charge on any atom is -0.497 e. The van der Waals surface area contributed by atoms with Crippen LogP contribution in [0.15, 0.2) is 47.4 Å². The smallest absolute Gasteiger partial charge is 0.200 e. The zero-order valence-corrected chi connectivity index (χ0v) is 20.1. The summed E-state index contributed by atoms with van der Waals surface area (Å²) in [5, 5.41) is 9.03. The second-order valence-electron chi connectivity index (χ2n) is 7.77. The maximum Gasteiger partial charge on any atom is 0.200 e. The molecule has 7 nitrogen and oxygen atoms in total. The number of aliphatic hydroxyl groups excluding tert-OH is 1. The number of pyridine rings is 1. The highest BCUT2D eigenvalue weighted by atomic mass is 35.5. The molecule has 0 fully saturated rings. The van der Waals surface area contributed by atoms with Gasteiger partial charge in [-0.05, 0) is 42.7 Å². The van der Waals surface area contributed by atoms with Crippen molar-refractivity contribution in [2.45, 2.75) is 38.8 Å². The number of halogens is 2. The molecule has 3 N–H and O–H groups in total. The number of Topliss-reactive ketones (excluding diaryl/α,β-unsaturated/α-hetero) is 1. The lowest BCUT2D eigenvalue weighted by molar-refractivity contribution is -0.121. The molecule has 0 unspecified atom stereocenters. The van der Waals surface area contributed by atoms with Gasteiger partial charge in [0.15, 0.2) is 11.2 Å². The average Bonchev–Trinajstić information content (AvgIpc) is 2.84. The first-order valence-electron chi connectivity index (χ1n) is 10.9. The lowest BCUT2D eigenvalue weighted by atomic mass is 10.0. The minimum absolute atomic E-state index is 0. The Balaban J connectivity index is 0.00000408. The standard InChI is InChI=1S/C25H29FN2O5.ClH/c1-3-13-33-22-11-10-19(26)23-24(22)28(12-4-5-21(30)20(27)15-29)14-18(25(23)31)16-6-8-17(32-2)9-7-16;/h6-11,14,20,29H,3-5,12-13,15,27H2,1-2H3;1H/t20-;/m0./s1. The number of methoxy groups -OCH3 is 1. The van der Waals surface area contributed by atoms with Gasteiger partial charge in [0, 0.05) is 24.7 Å². The number of ketones is 1. The van der Waals surface area contributed by atoms with Crippen molar-refractivity contribution in [1.82, 2.24) is 4.57 Å². The highest BCUT2D eigenvalue weighted by Crippen LogP contribution is 2.30. The lowest BCUT2D eigenvalue weighted by Gasteiger charge is -2.18. The summed E-state index contributed by atoms with van der Waals surface area (Å²) in [6.07, 6.45) is 2.96. The first-order chi connectivity index (χ1) is 15.9. The van der Waals surface area contributed by atoms with E-state index in [0.29, 0.717) is 47.7 Å². The Kier molecular flexibility index (Phi) is 10.0. The maximum atomic E-state index is 15.0. The molecule has 34 heavy (non-hydrogen) atoms. The Morgan fingerprint density at radius 2 is 1.91 bits per heavy atom. The van der Waals surface area contributed by atoms with E-state index in [0.717, 1.165) is 6.42 Å². The summed E-state index contributed by atoms with van der Waals surface area (Å²) in [6, 6.07) is 8.77. The zero-order chi connectivity index (χ0) is 24.0. The van der Waals surface area contributed by atoms with Crippen LogP contribution in [0.2, 0.25) is 0 Å². The van der Waals surface area contributed by atoms with Crippen molar-refractivity contribution in [3.05, 3.63) is 58.6 Å². The largest absolute Gasteiger partial charge is 0.497 e. The van der Waals surface area contributed by atoms with Gasteiger partial charge in [0.05, 0.1) is 37.3 Å². The molecule has 1 aromatic heterocycles. The first kappa shape index (κ1) is 27.3. The second-order valence-corrected chi connectivity index (χ2v) is 7.77. The summed E-state index contributed by atoms with van der Waals surface area (Å²) in [7, 11) is 1.55. The van der Waals surface area contributed by atoms with E-state index in [1.807, 2.05) is 6.92 Å². The fourth-order valence-electron chi connectivity index (χ4n) is 3.65. The Morgan fingerprint density at radius 1 is 1.21 bits per heavy atom. The van der Waals surface area contributed by atoms with E-state index in [4.69, 9.17) is 20.3 Å². The molecule has 0 saturated heterocycles. The summed E-state index contributed by atoms with van der Waals surface area (Å²) in [5.74, 6) is 0.151. The van der Waals surface area contributed by atoms with Crippen LogP contribution in [-0.2, 0) is 11.3 Å². The fourth-order valence-corrected chi connectivity index (χ4v) is 3.65. The third-order valence-electron chi connectivity index (χ3n) is 5.43. The van der Waals surface area contributed by atoms with Gasteiger partial charge in [-0.15, -0.1) is 12.4 Å². The summed E-state index contributed by atoms with van der Waals surface area (Å²) in [6.45, 7) is 2.28. The molecular formula is C25H30ClFN2O5. The van der Waals surface area contributed by atoms with Crippen LogP contribution in [-0.4, -0.2) is 41.8 Å². The van der Waals surface area contributed by atoms with Gasteiger partial charge in [0.25, 0.3) is 0 Å². The normalized spacial score (nSPS) is 11.7. The van der Waals surface area contributed by atoms with Crippen LogP contribution in [0.4, 0.5) is 4.39 Å². The van der Waals surface area contributed by atoms with E-state index in [-0.39, 0.29) is 30.0 Å². The maximum absolute atomic E-state index is 15.0. The number of carbonyl (C=O) groups excluding carboxylic acids is 1. The van der Waals surface area contributed by atoms with Gasteiger partial charge in [-0.3, -0.25) is 9.59 Å². The summed E-state index contributed by atoms with van der Waals surface area (Å²) < 4.78 is 27.7. The van der Waals surface area contributed by atoms with Gasteiger partial charge in [-0.25, -0.2) is 4.39 Å². The zero-order valence-electron chi connectivity index (χ0n) is 19.3. The molecule has 0 radical (unpaired) electrons. The van der Waals surface area contributed by atoms with Gasteiger partial charge in [0.2, 0.25) is 0 Å². The van der Waals surface area contributed by atoms with Crippen molar-refractivity contribution in [2.75, 3.05) is 20.3 Å². The SMILES string of the molecule is CCCOc1ccc(F)c2c(=O)c(-c3ccc(OC)cc3)cn(CCCC(=O)[C@@H](N)CO)c12.Cl. The molecule has 0 aliphatic heterocycles. The minimum atomic E-state index is -0.925. The number of nitrogens with two attached hydrogens (primary N) is 1. The molecule has 9 heteroatoms. The van der Waals surface area contributed by atoms with Crippen molar-refractivity contribution in [3.8, 4) is 22.6 Å². The van der Waals surface area contributed by atoms with Crippen LogP contribution in [0, 0.1) is 5.82 Å². The second kappa shape index (κ2) is 12.5. The monoisotopic (exact) mass is 492 g/mol. The number of hydrogen-bond acceptors (Lipinski definition) is 6. The van der Waals surface area contributed by atoms with Crippen LogP contribution in [0.5, 0.6) is 11.5 Å². The summed E-state index contributed by atoms with van der Waals surface area (Å²) in [4.78, 5) is 25.4. The van der Waals surface area contributed by atoms with Gasteiger partial charge in [-0.2, -0.15) is 0 Å². The van der Waals surface area contributed by atoms with Crippen molar-refractivity contribution in [2.24, 2.45) is 5.73 Å². The highest BCUT2D eigenvalue weighted by Gasteiger charge is 2.19. The van der Waals surface area contributed by atoms with Gasteiger partial charge >= 0.3 is 0 Å². The third kappa shape index (κ3) is 5.94. The van der Waals surface area contributed by atoms with Crippen molar-refractivity contribution < 1.29 is 23.8 Å². The quantitative estimate of drug-likeness (QED) is 0.423. The molecule has 0 bridgehead atoms. The molecule has 0 spiro atoms.